The third kappa shape index (κ3) is 5.15. The van der Waals surface area contributed by atoms with E-state index in [4.69, 9.17) is 0 Å². The fraction of sp³-hybridized carbons (Fsp3) is 0.350. The predicted octanol–water partition coefficient (Wildman–Crippen LogP) is 2.16. The number of hydrogen-bond acceptors (Lipinski definition) is 4. The number of sulfonamides is 1. The van der Waals surface area contributed by atoms with Gasteiger partial charge in [-0.2, -0.15) is 0 Å². The Bertz CT molecular complexity index is 876. The second-order valence-corrected chi connectivity index (χ2v) is 8.73. The van der Waals surface area contributed by atoms with Gasteiger partial charge in [0.2, 0.25) is 10.0 Å². The van der Waals surface area contributed by atoms with Crippen molar-refractivity contribution in [2.75, 3.05) is 20.6 Å². The minimum absolute atomic E-state index is 0.0533. The van der Waals surface area contributed by atoms with Crippen molar-refractivity contribution < 1.29 is 13.2 Å². The molecule has 1 saturated carbocycles. The number of hydrogen-bond donors (Lipinski definition) is 2. The third-order valence-electron chi connectivity index (χ3n) is 4.59. The van der Waals surface area contributed by atoms with Crippen LogP contribution in [0.2, 0.25) is 0 Å². The largest absolute Gasteiger partial charge is 0.350 e. The Hall–Kier alpha value is -2.22. The van der Waals surface area contributed by atoms with Gasteiger partial charge in [-0.1, -0.05) is 30.3 Å². The average Bonchev–Trinajstić information content (AvgIpc) is 3.46. The van der Waals surface area contributed by atoms with E-state index in [1.807, 2.05) is 44.4 Å². The van der Waals surface area contributed by atoms with Crippen LogP contribution >= 0.6 is 0 Å². The van der Waals surface area contributed by atoms with Gasteiger partial charge in [-0.15, -0.1) is 0 Å². The van der Waals surface area contributed by atoms with Crippen molar-refractivity contribution >= 4 is 15.9 Å². The first-order valence-corrected chi connectivity index (χ1v) is 10.5. The van der Waals surface area contributed by atoms with Crippen LogP contribution in [0.1, 0.15) is 34.8 Å². The number of benzene rings is 2. The van der Waals surface area contributed by atoms with E-state index in [9.17, 15) is 13.2 Å². The van der Waals surface area contributed by atoms with E-state index in [1.165, 1.54) is 12.1 Å². The van der Waals surface area contributed by atoms with Gasteiger partial charge in [-0.05, 0) is 56.8 Å². The Morgan fingerprint density at radius 1 is 1.07 bits per heavy atom. The zero-order valence-electron chi connectivity index (χ0n) is 15.6. The number of rotatable bonds is 8. The highest BCUT2D eigenvalue weighted by atomic mass is 32.2. The molecule has 144 valence electrons. The number of amides is 1. The van der Waals surface area contributed by atoms with Crippen LogP contribution in [0.15, 0.2) is 59.5 Å². The van der Waals surface area contributed by atoms with Crippen molar-refractivity contribution in [2.24, 2.45) is 0 Å². The Morgan fingerprint density at radius 2 is 1.70 bits per heavy atom. The third-order valence-corrected chi connectivity index (χ3v) is 6.13. The summed E-state index contributed by atoms with van der Waals surface area (Å²) in [7, 11) is 0.436. The fourth-order valence-electron chi connectivity index (χ4n) is 2.84. The molecule has 0 radical (unpaired) electrons. The van der Waals surface area contributed by atoms with Gasteiger partial charge in [0.25, 0.3) is 5.91 Å². The molecule has 2 aromatic rings. The number of carbonyl (C=O) groups is 1. The summed E-state index contributed by atoms with van der Waals surface area (Å²) in [6.45, 7) is 0.457. The molecule has 6 nitrogen and oxygen atoms in total. The van der Waals surface area contributed by atoms with E-state index < -0.39 is 10.0 Å². The average molecular weight is 388 g/mol. The maximum atomic E-state index is 12.5. The molecule has 0 aliphatic heterocycles. The molecule has 0 heterocycles. The molecule has 1 aliphatic carbocycles. The minimum atomic E-state index is -3.50. The molecule has 7 heteroatoms. The van der Waals surface area contributed by atoms with Crippen molar-refractivity contribution in [3.05, 3.63) is 65.7 Å². The van der Waals surface area contributed by atoms with Gasteiger partial charge in [0.05, 0.1) is 10.9 Å². The summed E-state index contributed by atoms with van der Waals surface area (Å²) in [5.74, 6) is -0.225. The summed E-state index contributed by atoms with van der Waals surface area (Å²) in [5.41, 5.74) is 1.56. The van der Waals surface area contributed by atoms with Crippen LogP contribution in [0.5, 0.6) is 0 Å². The van der Waals surface area contributed by atoms with E-state index in [-0.39, 0.29) is 22.9 Å². The lowest BCUT2D eigenvalue weighted by Crippen LogP contribution is -2.34. The van der Waals surface area contributed by atoms with Crippen molar-refractivity contribution in [3.63, 3.8) is 0 Å². The molecule has 0 aromatic heterocycles. The first kappa shape index (κ1) is 19.5. The highest BCUT2D eigenvalue weighted by Crippen LogP contribution is 2.22. The molecule has 0 spiro atoms. The lowest BCUT2D eigenvalue weighted by atomic mass is 10.1. The summed E-state index contributed by atoms with van der Waals surface area (Å²) < 4.78 is 27.0. The van der Waals surface area contributed by atoms with Gasteiger partial charge >= 0.3 is 0 Å². The number of nitrogens with one attached hydrogen (secondary N) is 2. The molecular formula is C20H25N3O3S. The van der Waals surface area contributed by atoms with Crippen molar-refractivity contribution in [3.8, 4) is 0 Å². The molecule has 3 rings (SSSR count). The van der Waals surface area contributed by atoms with Gasteiger partial charge in [0.1, 0.15) is 0 Å². The smallest absolute Gasteiger partial charge is 0.251 e. The molecule has 1 atom stereocenters. The van der Waals surface area contributed by atoms with Crippen molar-refractivity contribution in [1.29, 1.82) is 0 Å². The minimum Gasteiger partial charge on any atom is -0.350 e. The van der Waals surface area contributed by atoms with Gasteiger partial charge < -0.3 is 10.2 Å². The van der Waals surface area contributed by atoms with Crippen molar-refractivity contribution in [1.82, 2.24) is 14.9 Å². The molecule has 2 aromatic carbocycles. The van der Waals surface area contributed by atoms with E-state index in [0.29, 0.717) is 12.1 Å². The predicted molar refractivity (Wildman–Crippen MR) is 105 cm³/mol. The number of carbonyl (C=O) groups excluding carboxylic acids is 1. The van der Waals surface area contributed by atoms with E-state index in [2.05, 4.69) is 14.9 Å². The van der Waals surface area contributed by atoms with Gasteiger partial charge in [0.15, 0.2) is 0 Å². The van der Waals surface area contributed by atoms with Gasteiger partial charge in [-0.25, -0.2) is 13.1 Å². The molecule has 2 N–H and O–H groups in total. The molecule has 1 amide bonds. The number of likely N-dealkylation sites (N-methyl/N-ethyl adjacent to an activating group) is 1. The molecule has 0 saturated heterocycles. The van der Waals surface area contributed by atoms with E-state index >= 15 is 0 Å². The summed E-state index contributed by atoms with van der Waals surface area (Å²) in [6, 6.07) is 16.1. The summed E-state index contributed by atoms with van der Waals surface area (Å²) >= 11 is 0. The van der Waals surface area contributed by atoms with Crippen LogP contribution in [-0.4, -0.2) is 45.9 Å². The Labute approximate surface area is 160 Å². The summed E-state index contributed by atoms with van der Waals surface area (Å²) in [4.78, 5) is 14.7. The zero-order valence-corrected chi connectivity index (χ0v) is 16.4. The zero-order chi connectivity index (χ0) is 19.4. The molecule has 1 aliphatic rings. The van der Waals surface area contributed by atoms with Crippen LogP contribution in [0.3, 0.4) is 0 Å². The van der Waals surface area contributed by atoms with Gasteiger partial charge in [0, 0.05) is 18.2 Å². The maximum absolute atomic E-state index is 12.5. The Morgan fingerprint density at radius 3 is 2.26 bits per heavy atom. The molecular weight excluding hydrogens is 362 g/mol. The summed E-state index contributed by atoms with van der Waals surface area (Å²) in [6.07, 6.45) is 1.77. The highest BCUT2D eigenvalue weighted by Gasteiger charge is 2.28. The first-order chi connectivity index (χ1) is 12.9. The summed E-state index contributed by atoms with van der Waals surface area (Å²) in [5, 5.41) is 2.93. The fourth-order valence-corrected chi connectivity index (χ4v) is 4.14. The van der Waals surface area contributed by atoms with Crippen LogP contribution < -0.4 is 10.0 Å². The monoisotopic (exact) mass is 387 g/mol. The van der Waals surface area contributed by atoms with Crippen LogP contribution in [0, 0.1) is 0 Å². The topological polar surface area (TPSA) is 78.5 Å². The SMILES string of the molecule is CN(C)C(CNC(=O)c1ccc(S(=O)(=O)NC2CC2)cc1)c1ccccc1. The normalized spacial score (nSPS) is 15.5. The second-order valence-electron chi connectivity index (χ2n) is 7.02. The maximum Gasteiger partial charge on any atom is 0.251 e. The second kappa shape index (κ2) is 8.21. The molecule has 1 unspecified atom stereocenters. The van der Waals surface area contributed by atoms with Crippen LogP contribution in [-0.2, 0) is 10.0 Å². The molecule has 0 bridgehead atoms. The quantitative estimate of drug-likeness (QED) is 0.728. The highest BCUT2D eigenvalue weighted by molar-refractivity contribution is 7.89. The Kier molecular flexibility index (Phi) is 5.94. The van der Waals surface area contributed by atoms with Crippen LogP contribution in [0.25, 0.3) is 0 Å². The molecule has 27 heavy (non-hydrogen) atoms. The molecule has 1 fully saturated rings. The van der Waals surface area contributed by atoms with Crippen LogP contribution in [0.4, 0.5) is 0 Å². The Balaban J connectivity index is 1.63. The van der Waals surface area contributed by atoms with E-state index in [1.54, 1.807) is 12.1 Å². The lowest BCUT2D eigenvalue weighted by molar-refractivity contribution is 0.0942. The first-order valence-electron chi connectivity index (χ1n) is 8.99. The lowest BCUT2D eigenvalue weighted by Gasteiger charge is -2.25. The van der Waals surface area contributed by atoms with E-state index in [0.717, 1.165) is 18.4 Å². The van der Waals surface area contributed by atoms with Crippen molar-refractivity contribution in [2.45, 2.75) is 29.8 Å². The number of nitrogens with zero attached hydrogens (tertiary/aromatic N) is 1. The standard InChI is InChI=1S/C20H25N3O3S/c1-23(2)19(15-6-4-3-5-7-15)14-21-20(24)16-8-12-18(13-9-16)27(25,26)22-17-10-11-17/h3-9,12-13,17,19,22H,10-11,14H2,1-2H3,(H,21,24). The van der Waals surface area contributed by atoms with Gasteiger partial charge in [-0.3, -0.25) is 4.79 Å².